The molecule has 1 saturated heterocycles. The smallest absolute Gasteiger partial charge is 0.255 e. The molecule has 100 valence electrons. The second-order valence-corrected chi connectivity index (χ2v) is 4.14. The largest absolute Gasteiger partial charge is 0.384 e. The fraction of sp³-hybridized carbons (Fsp3) is 0.429. The molecule has 2 rings (SSSR count). The van der Waals surface area contributed by atoms with Crippen LogP contribution in [0.1, 0.15) is 22.3 Å². The van der Waals surface area contributed by atoms with Crippen molar-refractivity contribution in [3.05, 3.63) is 29.6 Å². The third-order valence-electron chi connectivity index (χ3n) is 2.86. The van der Waals surface area contributed by atoms with Crippen LogP contribution >= 0.6 is 0 Å². The van der Waals surface area contributed by atoms with Gasteiger partial charge in [0.2, 0.25) is 0 Å². The van der Waals surface area contributed by atoms with Crippen LogP contribution in [-0.4, -0.2) is 53.8 Å². The Morgan fingerprint density at radius 1 is 1.47 bits per heavy atom. The van der Waals surface area contributed by atoms with Gasteiger partial charge in [0.1, 0.15) is 6.61 Å². The van der Waals surface area contributed by atoms with Crippen LogP contribution in [0.15, 0.2) is 18.5 Å². The zero-order valence-corrected chi connectivity index (χ0v) is 10.6. The molecule has 1 aliphatic heterocycles. The van der Waals surface area contributed by atoms with Crippen molar-refractivity contribution in [3.63, 3.8) is 0 Å². The molecule has 0 saturated carbocycles. The summed E-state index contributed by atoms with van der Waals surface area (Å²) in [6, 6.07) is 1.66. The lowest BCUT2D eigenvalue weighted by Gasteiger charge is -2.20. The van der Waals surface area contributed by atoms with E-state index in [1.165, 1.54) is 0 Å². The maximum absolute atomic E-state index is 12.4. The number of aliphatic hydroxyl groups is 1. The first kappa shape index (κ1) is 13.5. The van der Waals surface area contributed by atoms with Crippen LogP contribution in [0.5, 0.6) is 0 Å². The van der Waals surface area contributed by atoms with Crippen LogP contribution in [0, 0.1) is 11.8 Å². The summed E-state index contributed by atoms with van der Waals surface area (Å²) in [5.41, 5.74) is 1.07. The molecular formula is C14H16N2O3. The Morgan fingerprint density at radius 2 is 2.37 bits per heavy atom. The molecule has 1 aromatic heterocycles. The number of carbonyl (C=O) groups is 1. The van der Waals surface area contributed by atoms with Crippen molar-refractivity contribution in [3.8, 4) is 11.8 Å². The van der Waals surface area contributed by atoms with E-state index < -0.39 is 0 Å². The molecule has 1 amide bonds. The first-order chi connectivity index (χ1) is 9.33. The molecule has 0 unspecified atom stereocenters. The van der Waals surface area contributed by atoms with E-state index in [9.17, 15) is 4.79 Å². The van der Waals surface area contributed by atoms with Crippen molar-refractivity contribution in [2.75, 3.05) is 32.9 Å². The number of amides is 1. The predicted molar refractivity (Wildman–Crippen MR) is 69.5 cm³/mol. The summed E-state index contributed by atoms with van der Waals surface area (Å²) in [6.45, 7) is 2.30. The Morgan fingerprint density at radius 3 is 3.21 bits per heavy atom. The number of aliphatic hydroxyl groups excluding tert-OH is 1. The minimum Gasteiger partial charge on any atom is -0.384 e. The molecule has 0 spiro atoms. The Kier molecular flexibility index (Phi) is 4.90. The summed E-state index contributed by atoms with van der Waals surface area (Å²) in [6.07, 6.45) is 3.96. The average Bonchev–Trinajstić information content (AvgIpc) is 2.73. The standard InChI is InChI=1S/C14H16N2O3/c17-8-1-3-12-11-15-5-4-13(12)14(18)16-6-2-9-19-10-7-16/h4-5,11,17H,2,6-10H2. The topological polar surface area (TPSA) is 62.7 Å². The fourth-order valence-electron chi connectivity index (χ4n) is 1.93. The molecule has 5 heteroatoms. The molecule has 1 aromatic rings. The van der Waals surface area contributed by atoms with Gasteiger partial charge in [0.05, 0.1) is 17.7 Å². The van der Waals surface area contributed by atoms with Crippen LogP contribution < -0.4 is 0 Å². The molecule has 0 radical (unpaired) electrons. The summed E-state index contributed by atoms with van der Waals surface area (Å²) in [7, 11) is 0. The number of carbonyl (C=O) groups excluding carboxylic acids is 1. The van der Waals surface area contributed by atoms with Gasteiger partial charge in [-0.2, -0.15) is 0 Å². The maximum Gasteiger partial charge on any atom is 0.255 e. The lowest BCUT2D eigenvalue weighted by Crippen LogP contribution is -2.33. The number of pyridine rings is 1. The molecule has 0 aliphatic carbocycles. The van der Waals surface area contributed by atoms with Crippen molar-refractivity contribution in [2.24, 2.45) is 0 Å². The van der Waals surface area contributed by atoms with Crippen LogP contribution in [0.2, 0.25) is 0 Å². The highest BCUT2D eigenvalue weighted by Gasteiger charge is 2.19. The van der Waals surface area contributed by atoms with E-state index in [4.69, 9.17) is 9.84 Å². The average molecular weight is 260 g/mol. The molecule has 1 fully saturated rings. The zero-order valence-electron chi connectivity index (χ0n) is 10.6. The Balaban J connectivity index is 2.22. The van der Waals surface area contributed by atoms with Gasteiger partial charge in [-0.15, -0.1) is 0 Å². The highest BCUT2D eigenvalue weighted by Crippen LogP contribution is 2.11. The molecule has 5 nitrogen and oxygen atoms in total. The van der Waals surface area contributed by atoms with E-state index in [2.05, 4.69) is 16.8 Å². The molecule has 0 aromatic carbocycles. The molecule has 2 heterocycles. The Labute approximate surface area is 112 Å². The summed E-state index contributed by atoms with van der Waals surface area (Å²) in [5.74, 6) is 5.24. The normalized spacial score (nSPS) is 15.3. The Bertz CT molecular complexity index is 497. The minimum atomic E-state index is -0.236. The SMILES string of the molecule is O=C(c1ccncc1C#CCO)N1CCCOCC1. The summed E-state index contributed by atoms with van der Waals surface area (Å²) in [5, 5.41) is 8.74. The van der Waals surface area contributed by atoms with Crippen LogP contribution in [0.25, 0.3) is 0 Å². The fourth-order valence-corrected chi connectivity index (χ4v) is 1.93. The zero-order chi connectivity index (χ0) is 13.5. The molecule has 0 atom stereocenters. The third kappa shape index (κ3) is 3.53. The lowest BCUT2D eigenvalue weighted by molar-refractivity contribution is 0.0741. The van der Waals surface area contributed by atoms with Crippen molar-refractivity contribution in [2.45, 2.75) is 6.42 Å². The summed E-state index contributed by atoms with van der Waals surface area (Å²) in [4.78, 5) is 18.2. The maximum atomic E-state index is 12.4. The molecule has 0 bridgehead atoms. The van der Waals surface area contributed by atoms with E-state index in [1.54, 1.807) is 23.4 Å². The van der Waals surface area contributed by atoms with Crippen molar-refractivity contribution in [1.82, 2.24) is 9.88 Å². The third-order valence-corrected chi connectivity index (χ3v) is 2.86. The van der Waals surface area contributed by atoms with Crippen LogP contribution in [-0.2, 0) is 4.74 Å². The molecule has 1 N–H and O–H groups in total. The number of nitrogens with zero attached hydrogens (tertiary/aromatic N) is 2. The minimum absolute atomic E-state index is 0.0601. The quantitative estimate of drug-likeness (QED) is 0.737. The van der Waals surface area contributed by atoms with E-state index in [1.807, 2.05) is 0 Å². The second-order valence-electron chi connectivity index (χ2n) is 4.14. The van der Waals surface area contributed by atoms with Gasteiger partial charge in [0.25, 0.3) is 5.91 Å². The first-order valence-electron chi connectivity index (χ1n) is 6.23. The van der Waals surface area contributed by atoms with Gasteiger partial charge in [-0.1, -0.05) is 11.8 Å². The number of hydrogen-bond donors (Lipinski definition) is 1. The number of aromatic nitrogens is 1. The van der Waals surface area contributed by atoms with E-state index in [-0.39, 0.29) is 12.5 Å². The van der Waals surface area contributed by atoms with Gasteiger partial charge in [0.15, 0.2) is 0 Å². The first-order valence-corrected chi connectivity index (χ1v) is 6.23. The van der Waals surface area contributed by atoms with E-state index >= 15 is 0 Å². The Hall–Kier alpha value is -1.90. The van der Waals surface area contributed by atoms with Gasteiger partial charge in [0, 0.05) is 32.1 Å². The van der Waals surface area contributed by atoms with Gasteiger partial charge < -0.3 is 14.7 Å². The monoisotopic (exact) mass is 260 g/mol. The predicted octanol–water partition coefficient (Wildman–Crippen LogP) is 0.288. The van der Waals surface area contributed by atoms with Crippen molar-refractivity contribution >= 4 is 5.91 Å². The molecule has 1 aliphatic rings. The second kappa shape index (κ2) is 6.88. The number of hydrogen-bond acceptors (Lipinski definition) is 4. The molecular weight excluding hydrogens is 244 g/mol. The van der Waals surface area contributed by atoms with Gasteiger partial charge in [-0.3, -0.25) is 9.78 Å². The van der Waals surface area contributed by atoms with Crippen molar-refractivity contribution < 1.29 is 14.6 Å². The van der Waals surface area contributed by atoms with Gasteiger partial charge in [-0.25, -0.2) is 0 Å². The molecule has 19 heavy (non-hydrogen) atoms. The lowest BCUT2D eigenvalue weighted by atomic mass is 10.1. The van der Waals surface area contributed by atoms with Crippen LogP contribution in [0.4, 0.5) is 0 Å². The number of rotatable bonds is 1. The van der Waals surface area contributed by atoms with Gasteiger partial charge in [-0.05, 0) is 12.5 Å². The van der Waals surface area contributed by atoms with Gasteiger partial charge >= 0.3 is 0 Å². The summed E-state index contributed by atoms with van der Waals surface area (Å²) >= 11 is 0. The van der Waals surface area contributed by atoms with Crippen molar-refractivity contribution in [1.29, 1.82) is 0 Å². The van der Waals surface area contributed by atoms with E-state index in [0.717, 1.165) is 6.42 Å². The summed E-state index contributed by atoms with van der Waals surface area (Å²) < 4.78 is 5.34. The highest BCUT2D eigenvalue weighted by molar-refractivity contribution is 5.96. The van der Waals surface area contributed by atoms with Crippen LogP contribution in [0.3, 0.4) is 0 Å². The highest BCUT2D eigenvalue weighted by atomic mass is 16.5. The number of ether oxygens (including phenoxy) is 1. The van der Waals surface area contributed by atoms with E-state index in [0.29, 0.717) is 37.4 Å².